The Morgan fingerprint density at radius 2 is 0.862 bits per heavy atom. The van der Waals surface area contributed by atoms with Gasteiger partial charge in [0.15, 0.2) is 0 Å². The van der Waals surface area contributed by atoms with Crippen molar-refractivity contribution in [2.45, 2.75) is 147 Å². The van der Waals surface area contributed by atoms with Crippen LogP contribution in [0, 0.1) is 10.8 Å². The summed E-state index contributed by atoms with van der Waals surface area (Å²) in [5.74, 6) is 0. The number of allylic oxidation sites excluding steroid dienone is 2. The van der Waals surface area contributed by atoms with Crippen LogP contribution in [0.1, 0.15) is 160 Å². The maximum Gasteiger partial charge on any atom is -0.147 e. The first-order valence-corrected chi connectivity index (χ1v) is 35.9. The minimum absolute atomic E-state index is 0. The third-order valence-electron chi connectivity index (χ3n) is 15.2. The Morgan fingerprint density at radius 3 is 1.17 bits per heavy atom. The normalized spacial score (nSPS) is 21.1. The number of halogens is 2. The van der Waals surface area contributed by atoms with Crippen molar-refractivity contribution in [3.63, 3.8) is 0 Å². The monoisotopic (exact) mass is 908 g/mol. The van der Waals surface area contributed by atoms with E-state index in [0.717, 1.165) is 0 Å². The van der Waals surface area contributed by atoms with Gasteiger partial charge in [0.1, 0.15) is 0 Å². The quantitative estimate of drug-likeness (QED) is 0.155. The van der Waals surface area contributed by atoms with E-state index in [-0.39, 0.29) is 35.6 Å². The first-order chi connectivity index (χ1) is 26.2. The Hall–Kier alpha value is -1.96. The number of hydrogen-bond donors (Lipinski definition) is 0. The van der Waals surface area contributed by atoms with Gasteiger partial charge in [-0.05, 0) is 0 Å². The molecule has 4 aromatic carbocycles. The van der Waals surface area contributed by atoms with Crippen molar-refractivity contribution in [3.05, 3.63) is 129 Å². The predicted octanol–water partition coefficient (Wildman–Crippen LogP) is 16.3. The van der Waals surface area contributed by atoms with Crippen LogP contribution in [0.4, 0.5) is 0 Å². The van der Waals surface area contributed by atoms with Gasteiger partial charge in [-0.25, -0.2) is 0 Å². The number of rotatable bonds is 8. The van der Waals surface area contributed by atoms with Gasteiger partial charge in [-0.15, -0.1) is 24.8 Å². The summed E-state index contributed by atoms with van der Waals surface area (Å²) in [5, 5.41) is 0. The molecule has 0 saturated heterocycles. The summed E-state index contributed by atoms with van der Waals surface area (Å²) in [4.78, 5) is 0. The molecule has 0 aromatic heterocycles. The fourth-order valence-corrected chi connectivity index (χ4v) is 31.9. The standard InChI is InChI=1S/2C26H31.2CH3.2ClH.H2Si.Zr/c2*1-25(2,3)22-12-10-20(11-13-22)23-9-7-8-21-16-19(17-24(21)23)18-26(4)14-5-6-15-26;;;;;;/h2*7-13,16-17H,5-6,14-15,18H2,1-4H3;2*1H3;2*1H;1H2;. The molecule has 58 heavy (non-hydrogen) atoms. The molecule has 0 amide bonds. The second kappa shape index (κ2) is 16.1. The van der Waals surface area contributed by atoms with Crippen LogP contribution in [-0.2, 0) is 28.2 Å². The van der Waals surface area contributed by atoms with Gasteiger partial charge >= 0.3 is 346 Å². The van der Waals surface area contributed by atoms with Crippen molar-refractivity contribution in [2.24, 2.45) is 10.8 Å². The molecule has 0 radical (unpaired) electrons. The third-order valence-corrected chi connectivity index (χ3v) is 32.7. The van der Waals surface area contributed by atoms with Crippen LogP contribution in [0.15, 0.2) is 96.1 Å². The average Bonchev–Trinajstić information content (AvgIpc) is 3.92. The molecule has 0 nitrogen and oxygen atoms in total. The Labute approximate surface area is 367 Å². The summed E-state index contributed by atoms with van der Waals surface area (Å²) in [5.41, 5.74) is 19.3. The minimum Gasteiger partial charge on any atom is -0.147 e. The maximum atomic E-state index is 2.89. The number of fused-ring (bicyclic) bond motifs is 2. The average molecular weight is 911 g/mol. The zero-order chi connectivity index (χ0) is 39.9. The van der Waals surface area contributed by atoms with Crippen LogP contribution in [0.3, 0.4) is 0 Å². The molecule has 0 heterocycles. The van der Waals surface area contributed by atoms with Crippen molar-refractivity contribution in [2.75, 3.05) is 0 Å². The number of benzene rings is 4. The first-order valence-electron chi connectivity index (χ1n) is 22.2. The van der Waals surface area contributed by atoms with Gasteiger partial charge in [0.05, 0.1) is 0 Å². The Morgan fingerprint density at radius 1 is 0.534 bits per heavy atom. The van der Waals surface area contributed by atoms with Crippen molar-refractivity contribution in [3.8, 4) is 22.3 Å². The predicted molar refractivity (Wildman–Crippen MR) is 260 cm³/mol. The van der Waals surface area contributed by atoms with E-state index in [1.54, 1.807) is 22.3 Å². The summed E-state index contributed by atoms with van der Waals surface area (Å²) in [6, 6.07) is 33.9. The largest absolute Gasteiger partial charge is 0.147 e. The van der Waals surface area contributed by atoms with Crippen LogP contribution in [0.25, 0.3) is 34.4 Å². The molecule has 310 valence electrons. The van der Waals surface area contributed by atoms with E-state index >= 15 is 0 Å². The summed E-state index contributed by atoms with van der Waals surface area (Å²) in [6.45, 7) is 21.7. The molecule has 2 fully saturated rings. The van der Waals surface area contributed by atoms with Crippen molar-refractivity contribution >= 4 is 43.8 Å². The van der Waals surface area contributed by atoms with E-state index < -0.39 is 17.4 Å². The molecule has 4 aliphatic carbocycles. The molecule has 4 heteroatoms. The van der Waals surface area contributed by atoms with Crippen LogP contribution < -0.4 is 0 Å². The molecule has 0 aliphatic heterocycles. The molecule has 0 bridgehead atoms. The zero-order valence-electron chi connectivity index (χ0n) is 37.5. The molecule has 0 N–H and O–H groups in total. The van der Waals surface area contributed by atoms with Gasteiger partial charge < -0.3 is 0 Å². The molecule has 8 rings (SSSR count). The van der Waals surface area contributed by atoms with Crippen LogP contribution in [0.5, 0.6) is 0 Å². The zero-order valence-corrected chi connectivity index (χ0v) is 43.0. The van der Waals surface area contributed by atoms with Gasteiger partial charge in [-0.1, -0.05) is 0 Å². The van der Waals surface area contributed by atoms with E-state index in [1.165, 1.54) is 109 Å². The summed E-state index contributed by atoms with van der Waals surface area (Å²) in [6.07, 6.45) is 19.0. The Balaban J connectivity index is 0.00000283. The van der Waals surface area contributed by atoms with Crippen molar-refractivity contribution < 1.29 is 17.4 Å². The fourth-order valence-electron chi connectivity index (χ4n) is 12.2. The number of hydrogen-bond acceptors (Lipinski definition) is 0. The smallest absolute Gasteiger partial charge is 0.147 e. The van der Waals surface area contributed by atoms with Crippen LogP contribution in [-0.4, -0.2) is 6.88 Å². The molecular weight excluding hydrogens is 839 g/mol. The molecule has 4 aromatic rings. The van der Waals surface area contributed by atoms with Gasteiger partial charge in [0, 0.05) is 0 Å². The summed E-state index contributed by atoms with van der Waals surface area (Å²) in [7, 11) is 0. The molecule has 2 atom stereocenters. The molecule has 2 unspecified atom stereocenters. The molecule has 4 aliphatic rings. The first kappa shape index (κ1) is 45.6. The van der Waals surface area contributed by atoms with E-state index in [9.17, 15) is 0 Å². The van der Waals surface area contributed by atoms with E-state index in [4.69, 9.17) is 0 Å². The van der Waals surface area contributed by atoms with Crippen molar-refractivity contribution in [1.29, 1.82) is 0 Å². The van der Waals surface area contributed by atoms with Crippen LogP contribution >= 0.6 is 24.8 Å². The van der Waals surface area contributed by atoms with Crippen molar-refractivity contribution in [1.82, 2.24) is 0 Å². The van der Waals surface area contributed by atoms with E-state index in [1.807, 2.05) is 0 Å². The fraction of sp³-hybridized carbons (Fsp3) is 0.481. The van der Waals surface area contributed by atoms with Gasteiger partial charge in [0.25, 0.3) is 0 Å². The third kappa shape index (κ3) is 8.46. The second-order valence-corrected chi connectivity index (χ2v) is 53.4. The van der Waals surface area contributed by atoms with Gasteiger partial charge in [0.2, 0.25) is 0 Å². The van der Waals surface area contributed by atoms with Gasteiger partial charge in [-0.3, -0.25) is 0 Å². The maximum absolute atomic E-state index is 3.90. The Kier molecular flexibility index (Phi) is 12.6. The van der Waals surface area contributed by atoms with Gasteiger partial charge in [-0.2, -0.15) is 0 Å². The topological polar surface area (TPSA) is 0 Å². The summed E-state index contributed by atoms with van der Waals surface area (Å²) >= 11 is -3.90. The summed E-state index contributed by atoms with van der Waals surface area (Å²) < 4.78 is 6.85. The molecular formula is C54H72Cl2SiZr. The minimum atomic E-state index is -3.90. The van der Waals surface area contributed by atoms with Crippen LogP contribution in [0.2, 0.25) is 9.26 Å². The second-order valence-electron chi connectivity index (χ2n) is 22.9. The SMILES string of the molecule is CC1(CC2=Cc3c(-c4ccc(C(C)(C)C)cc4)cccc3[CH]2[Zr]([CH3])([CH3])(=[SiH2])[CH]2C(CC3(C)CCCC3)=Cc3c(-c4ccc(C(C)(C)C)cc4)cccc32)CCCC1.Cl.Cl. The van der Waals surface area contributed by atoms with E-state index in [0.29, 0.717) is 18.1 Å². The molecule has 0 spiro atoms. The van der Waals surface area contributed by atoms with E-state index in [2.05, 4.69) is 169 Å². The Bertz CT molecular complexity index is 2120. The molecule has 2 saturated carbocycles.